The predicted molar refractivity (Wildman–Crippen MR) is 91.7 cm³/mol. The summed E-state index contributed by atoms with van der Waals surface area (Å²) >= 11 is 0. The maximum absolute atomic E-state index is 10.8. The second-order valence-corrected chi connectivity index (χ2v) is 5.19. The van der Waals surface area contributed by atoms with Crippen molar-refractivity contribution in [1.82, 2.24) is 16.0 Å². The second kappa shape index (κ2) is 17.4. The lowest BCUT2D eigenvalue weighted by Crippen LogP contribution is -2.33. The number of nitrogens with one attached hydrogen (secondary N) is 3. The van der Waals surface area contributed by atoms with Crippen LogP contribution >= 0.6 is 0 Å². The van der Waals surface area contributed by atoms with Crippen molar-refractivity contribution in [3.8, 4) is 0 Å². The fraction of sp³-hybridized carbons (Fsp3) is 0.812. The Balaban J connectivity index is 3.02. The Kier molecular flexibility index (Phi) is 16.6. The standard InChI is InChI=1S/C16H33N3O4/c1-4-16(20)19-8-10-22-12-14-23-13-11-21-9-7-17-5-6-18-15(2)3/h4,15,17-18H,1,5-14H2,2-3H3,(H,19,20). The van der Waals surface area contributed by atoms with Crippen LogP contribution in [0.1, 0.15) is 13.8 Å². The molecule has 0 aromatic carbocycles. The van der Waals surface area contributed by atoms with Crippen molar-refractivity contribution in [2.75, 3.05) is 65.8 Å². The van der Waals surface area contributed by atoms with Crippen molar-refractivity contribution >= 4 is 5.91 Å². The van der Waals surface area contributed by atoms with Crippen molar-refractivity contribution in [3.05, 3.63) is 12.7 Å². The van der Waals surface area contributed by atoms with Gasteiger partial charge in [0.05, 0.1) is 39.6 Å². The average Bonchev–Trinajstić information content (AvgIpc) is 2.53. The molecule has 7 heteroatoms. The summed E-state index contributed by atoms with van der Waals surface area (Å²) in [5.74, 6) is -0.187. The summed E-state index contributed by atoms with van der Waals surface area (Å²) in [6, 6.07) is 0.528. The van der Waals surface area contributed by atoms with Crippen LogP contribution in [0.2, 0.25) is 0 Å². The highest BCUT2D eigenvalue weighted by Crippen LogP contribution is 1.81. The van der Waals surface area contributed by atoms with E-state index in [1.165, 1.54) is 6.08 Å². The molecule has 0 saturated heterocycles. The molecule has 0 aromatic heterocycles. The zero-order valence-electron chi connectivity index (χ0n) is 14.6. The molecule has 0 aliphatic heterocycles. The number of ether oxygens (including phenoxy) is 3. The minimum absolute atomic E-state index is 0.187. The van der Waals surface area contributed by atoms with E-state index in [2.05, 4.69) is 36.4 Å². The van der Waals surface area contributed by atoms with Crippen LogP contribution < -0.4 is 16.0 Å². The Morgan fingerprint density at radius 3 is 2.04 bits per heavy atom. The van der Waals surface area contributed by atoms with E-state index in [9.17, 15) is 4.79 Å². The minimum Gasteiger partial charge on any atom is -0.378 e. The van der Waals surface area contributed by atoms with Gasteiger partial charge in [-0.2, -0.15) is 0 Å². The molecule has 0 rings (SSSR count). The van der Waals surface area contributed by atoms with Crippen LogP contribution in [0.3, 0.4) is 0 Å². The van der Waals surface area contributed by atoms with Crippen LogP contribution in [0, 0.1) is 0 Å². The molecule has 0 heterocycles. The zero-order valence-corrected chi connectivity index (χ0v) is 14.6. The van der Waals surface area contributed by atoms with Crippen LogP contribution in [0.5, 0.6) is 0 Å². The lowest BCUT2D eigenvalue weighted by Gasteiger charge is -2.09. The van der Waals surface area contributed by atoms with E-state index in [1.807, 2.05) is 0 Å². The Hall–Kier alpha value is -0.990. The van der Waals surface area contributed by atoms with E-state index in [4.69, 9.17) is 14.2 Å². The van der Waals surface area contributed by atoms with E-state index in [0.29, 0.717) is 52.2 Å². The molecule has 7 nitrogen and oxygen atoms in total. The molecule has 0 unspecified atom stereocenters. The van der Waals surface area contributed by atoms with Crippen molar-refractivity contribution in [2.24, 2.45) is 0 Å². The third kappa shape index (κ3) is 19.0. The van der Waals surface area contributed by atoms with E-state index in [-0.39, 0.29) is 5.91 Å². The summed E-state index contributed by atoms with van der Waals surface area (Å²) in [4.78, 5) is 10.8. The maximum Gasteiger partial charge on any atom is 0.243 e. The van der Waals surface area contributed by atoms with Crippen LogP contribution in [-0.4, -0.2) is 77.8 Å². The van der Waals surface area contributed by atoms with Crippen LogP contribution in [-0.2, 0) is 19.0 Å². The van der Waals surface area contributed by atoms with Crippen LogP contribution in [0.4, 0.5) is 0 Å². The Morgan fingerprint density at radius 1 is 0.913 bits per heavy atom. The van der Waals surface area contributed by atoms with Crippen LogP contribution in [0.15, 0.2) is 12.7 Å². The van der Waals surface area contributed by atoms with Gasteiger partial charge in [0, 0.05) is 32.2 Å². The summed E-state index contributed by atoms with van der Waals surface area (Å²) in [5, 5.41) is 9.26. The molecule has 0 spiro atoms. The molecule has 0 aromatic rings. The van der Waals surface area contributed by atoms with Gasteiger partial charge in [0.1, 0.15) is 0 Å². The first-order valence-electron chi connectivity index (χ1n) is 8.24. The van der Waals surface area contributed by atoms with Gasteiger partial charge in [0.2, 0.25) is 5.91 Å². The summed E-state index contributed by atoms with van der Waals surface area (Å²) < 4.78 is 16.1. The third-order valence-electron chi connectivity index (χ3n) is 2.75. The highest BCUT2D eigenvalue weighted by Gasteiger charge is 1.94. The molecule has 1 amide bonds. The molecule has 0 aliphatic rings. The van der Waals surface area contributed by atoms with Gasteiger partial charge in [0.15, 0.2) is 0 Å². The zero-order chi connectivity index (χ0) is 17.2. The highest BCUT2D eigenvalue weighted by atomic mass is 16.5. The molecule has 0 bridgehead atoms. The molecule has 3 N–H and O–H groups in total. The summed E-state index contributed by atoms with van der Waals surface area (Å²) in [7, 11) is 0. The number of amides is 1. The van der Waals surface area contributed by atoms with Crippen molar-refractivity contribution in [1.29, 1.82) is 0 Å². The second-order valence-electron chi connectivity index (χ2n) is 5.19. The fourth-order valence-corrected chi connectivity index (χ4v) is 1.58. The Morgan fingerprint density at radius 2 is 1.48 bits per heavy atom. The number of hydrogen-bond donors (Lipinski definition) is 3. The number of hydrogen-bond acceptors (Lipinski definition) is 6. The molecule has 0 fully saturated rings. The van der Waals surface area contributed by atoms with Crippen molar-refractivity contribution < 1.29 is 19.0 Å². The Labute approximate surface area is 140 Å². The summed E-state index contributed by atoms with van der Waals surface area (Å²) in [6.07, 6.45) is 1.24. The van der Waals surface area contributed by atoms with Gasteiger partial charge in [-0.1, -0.05) is 20.4 Å². The third-order valence-corrected chi connectivity index (χ3v) is 2.75. The van der Waals surface area contributed by atoms with Gasteiger partial charge in [-0.25, -0.2) is 0 Å². The van der Waals surface area contributed by atoms with Gasteiger partial charge in [0.25, 0.3) is 0 Å². The summed E-state index contributed by atoms with van der Waals surface area (Å²) in [6.45, 7) is 14.2. The summed E-state index contributed by atoms with van der Waals surface area (Å²) in [5.41, 5.74) is 0. The molecule has 0 saturated carbocycles. The largest absolute Gasteiger partial charge is 0.378 e. The molecule has 0 aliphatic carbocycles. The Bertz CT molecular complexity index is 288. The van der Waals surface area contributed by atoms with Gasteiger partial charge in [-0.05, 0) is 6.08 Å². The van der Waals surface area contributed by atoms with Crippen molar-refractivity contribution in [2.45, 2.75) is 19.9 Å². The highest BCUT2D eigenvalue weighted by molar-refractivity contribution is 5.86. The van der Waals surface area contributed by atoms with E-state index >= 15 is 0 Å². The maximum atomic E-state index is 10.8. The van der Waals surface area contributed by atoms with E-state index < -0.39 is 0 Å². The average molecular weight is 331 g/mol. The molecule has 136 valence electrons. The van der Waals surface area contributed by atoms with E-state index in [1.54, 1.807) is 0 Å². The van der Waals surface area contributed by atoms with E-state index in [0.717, 1.165) is 19.6 Å². The normalized spacial score (nSPS) is 10.9. The molecule has 0 radical (unpaired) electrons. The first-order valence-corrected chi connectivity index (χ1v) is 8.24. The monoisotopic (exact) mass is 331 g/mol. The quantitative estimate of drug-likeness (QED) is 0.256. The SMILES string of the molecule is C=CC(=O)NCCOCCOCCOCCNCCNC(C)C. The number of carbonyl (C=O) groups excluding carboxylic acids is 1. The first kappa shape index (κ1) is 22.0. The topological polar surface area (TPSA) is 80.9 Å². The minimum atomic E-state index is -0.187. The van der Waals surface area contributed by atoms with Gasteiger partial charge in [-0.15, -0.1) is 0 Å². The fourth-order valence-electron chi connectivity index (χ4n) is 1.58. The lowest BCUT2D eigenvalue weighted by molar-refractivity contribution is -0.116. The lowest BCUT2D eigenvalue weighted by atomic mass is 10.4. The molecular weight excluding hydrogens is 298 g/mol. The molecular formula is C16H33N3O4. The number of carbonyl (C=O) groups is 1. The smallest absolute Gasteiger partial charge is 0.243 e. The van der Waals surface area contributed by atoms with Gasteiger partial charge >= 0.3 is 0 Å². The predicted octanol–water partition coefficient (Wildman–Crippen LogP) is -0.0740. The molecule has 0 atom stereocenters. The first-order chi connectivity index (χ1) is 11.2. The number of rotatable bonds is 17. The van der Waals surface area contributed by atoms with Gasteiger partial charge in [-0.3, -0.25) is 4.79 Å². The van der Waals surface area contributed by atoms with Crippen LogP contribution in [0.25, 0.3) is 0 Å². The van der Waals surface area contributed by atoms with Crippen molar-refractivity contribution in [3.63, 3.8) is 0 Å². The van der Waals surface area contributed by atoms with Gasteiger partial charge < -0.3 is 30.2 Å². The molecule has 23 heavy (non-hydrogen) atoms.